The maximum absolute atomic E-state index is 9.21. The summed E-state index contributed by atoms with van der Waals surface area (Å²) in [6.07, 6.45) is 4.40. The minimum atomic E-state index is -0.178. The Labute approximate surface area is 85.1 Å². The van der Waals surface area contributed by atoms with Crippen LogP contribution in [0.25, 0.3) is 0 Å². The summed E-state index contributed by atoms with van der Waals surface area (Å²) in [6.45, 7) is 0. The van der Waals surface area contributed by atoms with Gasteiger partial charge in [0.05, 0.1) is 6.21 Å². The fraction of sp³-hybridized carbons (Fsp3) is 0. The molecule has 0 aliphatic rings. The van der Waals surface area contributed by atoms with Gasteiger partial charge in [-0.3, -0.25) is 0 Å². The highest BCUT2D eigenvalue weighted by Gasteiger charge is 1.98. The van der Waals surface area contributed by atoms with Crippen LogP contribution in [0.5, 0.6) is 11.5 Å². The number of aromatic nitrogens is 3. The van der Waals surface area contributed by atoms with Gasteiger partial charge in [0.15, 0.2) is 11.5 Å². The number of rotatable bonds is 2. The number of aromatic hydroxyl groups is 2. The second-order valence-electron chi connectivity index (χ2n) is 2.83. The van der Waals surface area contributed by atoms with E-state index in [-0.39, 0.29) is 11.5 Å². The van der Waals surface area contributed by atoms with Crippen LogP contribution in [0, 0.1) is 0 Å². The highest BCUT2D eigenvalue weighted by molar-refractivity contribution is 5.80. The number of phenolic OH excluding ortho intramolecular Hbond substituents is 2. The van der Waals surface area contributed by atoms with Crippen molar-refractivity contribution in [2.24, 2.45) is 5.10 Å². The van der Waals surface area contributed by atoms with Crippen molar-refractivity contribution in [3.8, 4) is 11.5 Å². The lowest BCUT2D eigenvalue weighted by molar-refractivity contribution is 0.403. The number of phenols is 2. The van der Waals surface area contributed by atoms with Gasteiger partial charge < -0.3 is 10.2 Å². The lowest BCUT2D eigenvalue weighted by atomic mass is 10.2. The normalized spacial score (nSPS) is 10.9. The van der Waals surface area contributed by atoms with E-state index in [9.17, 15) is 5.11 Å². The smallest absolute Gasteiger partial charge is 0.158 e. The molecule has 6 heteroatoms. The fourth-order valence-corrected chi connectivity index (χ4v) is 1.01. The first-order valence-electron chi connectivity index (χ1n) is 4.16. The average Bonchev–Trinajstić information content (AvgIpc) is 2.73. The number of hydrogen-bond donors (Lipinski definition) is 2. The molecule has 0 bridgehead atoms. The van der Waals surface area contributed by atoms with Crippen molar-refractivity contribution in [1.29, 1.82) is 0 Å². The first-order chi connectivity index (χ1) is 7.25. The molecule has 0 saturated carbocycles. The molecular weight excluding hydrogens is 196 g/mol. The number of benzene rings is 1. The van der Waals surface area contributed by atoms with E-state index in [0.717, 1.165) is 0 Å². The van der Waals surface area contributed by atoms with E-state index in [1.165, 1.54) is 35.7 Å². The Hall–Kier alpha value is -2.37. The summed E-state index contributed by atoms with van der Waals surface area (Å²) in [5.41, 5.74) is 0.666. The van der Waals surface area contributed by atoms with Crippen LogP contribution in [0.4, 0.5) is 0 Å². The summed E-state index contributed by atoms with van der Waals surface area (Å²) in [5.74, 6) is -0.334. The van der Waals surface area contributed by atoms with Gasteiger partial charge >= 0.3 is 0 Å². The van der Waals surface area contributed by atoms with Gasteiger partial charge in [0.1, 0.15) is 12.7 Å². The van der Waals surface area contributed by atoms with Crippen molar-refractivity contribution in [2.75, 3.05) is 0 Å². The van der Waals surface area contributed by atoms with Crippen LogP contribution in [0.15, 0.2) is 36.0 Å². The fourth-order valence-electron chi connectivity index (χ4n) is 1.01. The first-order valence-corrected chi connectivity index (χ1v) is 4.16. The average molecular weight is 204 g/mol. The molecule has 2 rings (SSSR count). The second-order valence-corrected chi connectivity index (χ2v) is 2.83. The van der Waals surface area contributed by atoms with Gasteiger partial charge in [-0.15, -0.1) is 10.2 Å². The van der Waals surface area contributed by atoms with E-state index in [4.69, 9.17) is 5.11 Å². The molecule has 0 amide bonds. The molecule has 0 atom stereocenters. The Kier molecular flexibility index (Phi) is 2.32. The van der Waals surface area contributed by atoms with E-state index in [1.54, 1.807) is 6.07 Å². The summed E-state index contributed by atoms with van der Waals surface area (Å²) in [5, 5.41) is 29.4. The summed E-state index contributed by atoms with van der Waals surface area (Å²) < 4.78 is 1.42. The molecule has 0 fully saturated rings. The zero-order valence-corrected chi connectivity index (χ0v) is 7.65. The molecule has 15 heavy (non-hydrogen) atoms. The Balaban J connectivity index is 2.21. The predicted octanol–water partition coefficient (Wildman–Crippen LogP) is 0.571. The van der Waals surface area contributed by atoms with Crippen molar-refractivity contribution in [3.63, 3.8) is 0 Å². The minimum absolute atomic E-state index is 0.156. The molecule has 0 radical (unpaired) electrons. The van der Waals surface area contributed by atoms with Gasteiger partial charge in [-0.1, -0.05) is 0 Å². The van der Waals surface area contributed by atoms with Gasteiger partial charge in [0.2, 0.25) is 0 Å². The quantitative estimate of drug-likeness (QED) is 0.553. The van der Waals surface area contributed by atoms with Crippen molar-refractivity contribution in [1.82, 2.24) is 14.9 Å². The van der Waals surface area contributed by atoms with Crippen LogP contribution in [-0.4, -0.2) is 31.3 Å². The summed E-state index contributed by atoms with van der Waals surface area (Å²) in [6, 6.07) is 4.43. The largest absolute Gasteiger partial charge is 0.504 e. The van der Waals surface area contributed by atoms with Crippen molar-refractivity contribution in [3.05, 3.63) is 36.4 Å². The van der Waals surface area contributed by atoms with E-state index in [2.05, 4.69) is 15.3 Å². The van der Waals surface area contributed by atoms with Crippen LogP contribution in [0.2, 0.25) is 0 Å². The van der Waals surface area contributed by atoms with Gasteiger partial charge in [0.25, 0.3) is 0 Å². The molecule has 0 unspecified atom stereocenters. The zero-order chi connectivity index (χ0) is 10.7. The maximum Gasteiger partial charge on any atom is 0.158 e. The molecule has 76 valence electrons. The van der Waals surface area contributed by atoms with Crippen molar-refractivity contribution < 1.29 is 10.2 Å². The molecule has 2 N–H and O–H groups in total. The topological polar surface area (TPSA) is 83.5 Å². The van der Waals surface area contributed by atoms with Gasteiger partial charge in [-0.25, -0.2) is 4.68 Å². The Bertz CT molecular complexity index is 479. The molecule has 0 saturated heterocycles. The molecular formula is C9H8N4O2. The van der Waals surface area contributed by atoms with E-state index < -0.39 is 0 Å². The van der Waals surface area contributed by atoms with E-state index in [1.807, 2.05) is 0 Å². The molecule has 0 aliphatic carbocycles. The van der Waals surface area contributed by atoms with Gasteiger partial charge in [0, 0.05) is 0 Å². The van der Waals surface area contributed by atoms with Crippen molar-refractivity contribution >= 4 is 6.21 Å². The highest BCUT2D eigenvalue weighted by Crippen LogP contribution is 2.23. The Morgan fingerprint density at radius 2 is 1.87 bits per heavy atom. The molecule has 6 nitrogen and oxygen atoms in total. The Morgan fingerprint density at radius 3 is 2.53 bits per heavy atom. The maximum atomic E-state index is 9.21. The molecule has 0 aliphatic heterocycles. The highest BCUT2D eigenvalue weighted by atomic mass is 16.3. The third-order valence-electron chi connectivity index (χ3n) is 1.75. The number of hydrogen-bond acceptors (Lipinski definition) is 5. The van der Waals surface area contributed by atoms with Crippen LogP contribution < -0.4 is 0 Å². The lowest BCUT2D eigenvalue weighted by Crippen LogP contribution is -1.86. The van der Waals surface area contributed by atoms with Crippen LogP contribution >= 0.6 is 0 Å². The van der Waals surface area contributed by atoms with Gasteiger partial charge in [-0.05, 0) is 23.8 Å². The summed E-state index contributed by atoms with van der Waals surface area (Å²) >= 11 is 0. The summed E-state index contributed by atoms with van der Waals surface area (Å²) in [4.78, 5) is 0. The first kappa shape index (κ1) is 9.20. The van der Waals surface area contributed by atoms with E-state index >= 15 is 0 Å². The second kappa shape index (κ2) is 3.79. The van der Waals surface area contributed by atoms with Crippen LogP contribution in [-0.2, 0) is 0 Å². The van der Waals surface area contributed by atoms with Crippen molar-refractivity contribution in [2.45, 2.75) is 0 Å². The molecule has 1 heterocycles. The third-order valence-corrected chi connectivity index (χ3v) is 1.75. The standard InChI is InChI=1S/C9H8N4O2/c14-8-2-1-7(3-9(8)15)4-12-13-5-10-11-6-13/h1-6,14-15H/b12-4+. The predicted molar refractivity (Wildman–Crippen MR) is 52.8 cm³/mol. The minimum Gasteiger partial charge on any atom is -0.504 e. The molecule has 2 aromatic rings. The molecule has 1 aromatic heterocycles. The monoisotopic (exact) mass is 204 g/mol. The third kappa shape index (κ3) is 2.11. The lowest BCUT2D eigenvalue weighted by Gasteiger charge is -1.97. The molecule has 0 spiro atoms. The van der Waals surface area contributed by atoms with E-state index in [0.29, 0.717) is 5.56 Å². The zero-order valence-electron chi connectivity index (χ0n) is 7.65. The van der Waals surface area contributed by atoms with Crippen LogP contribution in [0.3, 0.4) is 0 Å². The van der Waals surface area contributed by atoms with Crippen LogP contribution in [0.1, 0.15) is 5.56 Å². The van der Waals surface area contributed by atoms with Gasteiger partial charge in [-0.2, -0.15) is 5.10 Å². The SMILES string of the molecule is Oc1ccc(/C=N/n2cnnc2)cc1O. The molecule has 1 aromatic carbocycles. The summed E-state index contributed by atoms with van der Waals surface area (Å²) in [7, 11) is 0. The number of nitrogens with zero attached hydrogens (tertiary/aromatic N) is 4. The Morgan fingerprint density at radius 1 is 1.13 bits per heavy atom.